The number of aliphatic carboxylic acids is 1. The number of hydrogen-bond donors (Lipinski definition) is 1. The van der Waals surface area contributed by atoms with E-state index in [0.717, 1.165) is 0 Å². The second-order valence-corrected chi connectivity index (χ2v) is 8.38. The zero-order valence-corrected chi connectivity index (χ0v) is 16.0. The van der Waals surface area contributed by atoms with Crippen molar-refractivity contribution < 1.29 is 27.8 Å². The molecule has 0 saturated heterocycles. The Kier molecular flexibility index (Phi) is 4.64. The number of hydrogen-bond acceptors (Lipinski definition) is 6. The van der Waals surface area contributed by atoms with Crippen LogP contribution in [0.2, 0.25) is 5.15 Å². The fourth-order valence-corrected chi connectivity index (χ4v) is 4.84. The van der Waals surface area contributed by atoms with Gasteiger partial charge in [0.05, 0.1) is 15.9 Å². The van der Waals surface area contributed by atoms with Crippen LogP contribution in [0.5, 0.6) is 11.5 Å². The van der Waals surface area contributed by atoms with Crippen LogP contribution in [-0.2, 0) is 21.2 Å². The average Bonchev–Trinajstić information content (AvgIpc) is 3.24. The highest BCUT2D eigenvalue weighted by Gasteiger charge is 2.26. The van der Waals surface area contributed by atoms with Crippen molar-refractivity contribution in [1.29, 1.82) is 0 Å². The summed E-state index contributed by atoms with van der Waals surface area (Å²) in [6.07, 6.45) is 0.472. The molecule has 0 aliphatic carbocycles. The van der Waals surface area contributed by atoms with E-state index in [2.05, 4.69) is 4.98 Å². The normalized spacial score (nSPS) is 13.2. The Hall–Kier alpha value is -2.78. The van der Waals surface area contributed by atoms with Crippen molar-refractivity contribution in [3.05, 3.63) is 47.2 Å². The molecule has 10 heteroatoms. The Bertz CT molecular complexity index is 1190. The largest absolute Gasteiger partial charge is 0.481 e. The quantitative estimate of drug-likeness (QED) is 0.608. The molecule has 3 heterocycles. The number of fused-ring (bicyclic) bond motifs is 2. The van der Waals surface area contributed by atoms with E-state index >= 15 is 0 Å². The van der Waals surface area contributed by atoms with E-state index in [9.17, 15) is 13.2 Å². The summed E-state index contributed by atoms with van der Waals surface area (Å²) < 4.78 is 38.5. The number of rotatable bonds is 6. The van der Waals surface area contributed by atoms with Gasteiger partial charge >= 0.3 is 5.97 Å². The summed E-state index contributed by atoms with van der Waals surface area (Å²) in [5.41, 5.74) is 1.22. The number of ether oxygens (including phenoxy) is 2. The van der Waals surface area contributed by atoms with Crippen molar-refractivity contribution in [2.75, 3.05) is 6.79 Å². The van der Waals surface area contributed by atoms with Crippen LogP contribution in [0, 0.1) is 0 Å². The molecule has 4 rings (SSSR count). The summed E-state index contributed by atoms with van der Waals surface area (Å²) in [6.45, 7) is 0.0359. The van der Waals surface area contributed by atoms with E-state index in [1.165, 1.54) is 22.2 Å². The van der Waals surface area contributed by atoms with E-state index in [-0.39, 0.29) is 36.1 Å². The molecular formula is C18H15ClN2O6S. The highest BCUT2D eigenvalue weighted by atomic mass is 35.5. The smallest absolute Gasteiger partial charge is 0.303 e. The molecule has 8 nitrogen and oxygen atoms in total. The molecule has 1 N–H and O–H groups in total. The van der Waals surface area contributed by atoms with Gasteiger partial charge in [-0.15, -0.1) is 0 Å². The summed E-state index contributed by atoms with van der Waals surface area (Å²) in [5.74, 6) is -0.111. The van der Waals surface area contributed by atoms with E-state index in [1.807, 2.05) is 0 Å². The van der Waals surface area contributed by atoms with Crippen LogP contribution in [-0.4, -0.2) is 35.2 Å². The Morgan fingerprint density at radius 3 is 2.75 bits per heavy atom. The number of carbonyl (C=O) groups is 1. The number of aryl methyl sites for hydroxylation is 1. The molecule has 0 unspecified atom stereocenters. The summed E-state index contributed by atoms with van der Waals surface area (Å²) in [4.78, 5) is 15.1. The summed E-state index contributed by atoms with van der Waals surface area (Å²) >= 11 is 5.94. The Balaban J connectivity index is 1.84. The van der Waals surface area contributed by atoms with Gasteiger partial charge < -0.3 is 14.6 Å². The lowest BCUT2D eigenvalue weighted by Crippen LogP contribution is -2.16. The molecule has 1 aliphatic heterocycles. The molecule has 0 radical (unpaired) electrons. The number of carboxylic acid groups (broad SMARTS) is 1. The van der Waals surface area contributed by atoms with Crippen molar-refractivity contribution in [2.45, 2.75) is 24.2 Å². The molecule has 3 aromatic rings. The summed E-state index contributed by atoms with van der Waals surface area (Å²) in [6, 6.07) is 9.10. The molecule has 28 heavy (non-hydrogen) atoms. The van der Waals surface area contributed by atoms with Gasteiger partial charge in [0.15, 0.2) is 11.5 Å². The number of halogens is 1. The number of nitrogens with zero attached hydrogens (tertiary/aromatic N) is 2. The van der Waals surface area contributed by atoms with Gasteiger partial charge in [-0.05, 0) is 43.2 Å². The predicted octanol–water partition coefficient (Wildman–Crippen LogP) is 3.06. The zero-order valence-electron chi connectivity index (χ0n) is 14.5. The number of benzene rings is 1. The molecule has 0 spiro atoms. The second kappa shape index (κ2) is 6.99. The highest BCUT2D eigenvalue weighted by molar-refractivity contribution is 7.90. The Labute approximate surface area is 165 Å². The van der Waals surface area contributed by atoms with E-state index < -0.39 is 16.0 Å². The van der Waals surface area contributed by atoms with E-state index in [0.29, 0.717) is 28.2 Å². The molecule has 0 atom stereocenters. The van der Waals surface area contributed by atoms with Crippen LogP contribution in [0.15, 0.2) is 41.3 Å². The first kappa shape index (κ1) is 18.6. The SMILES string of the molecule is O=C(O)CCCc1cc2nc(Cl)ccc2n1S(=O)(=O)c1ccc2c(c1)OCO2. The van der Waals surface area contributed by atoms with Crippen LogP contribution in [0.25, 0.3) is 11.0 Å². The monoisotopic (exact) mass is 422 g/mol. The van der Waals surface area contributed by atoms with Gasteiger partial charge in [-0.2, -0.15) is 0 Å². The third-order valence-electron chi connectivity index (χ3n) is 4.36. The molecule has 146 valence electrons. The van der Waals surface area contributed by atoms with Gasteiger partial charge in [0.2, 0.25) is 6.79 Å². The van der Waals surface area contributed by atoms with Crippen molar-refractivity contribution in [3.63, 3.8) is 0 Å². The maximum absolute atomic E-state index is 13.4. The molecule has 0 amide bonds. The van der Waals surface area contributed by atoms with Crippen molar-refractivity contribution in [2.24, 2.45) is 0 Å². The standard InChI is InChI=1S/C18H15ClN2O6S/c19-17-7-5-14-13(20-17)8-11(2-1-3-18(22)23)21(14)28(24,25)12-4-6-15-16(9-12)27-10-26-15/h4-9H,1-3,10H2,(H,22,23). The summed E-state index contributed by atoms with van der Waals surface area (Å²) in [5, 5.41) is 9.12. The van der Waals surface area contributed by atoms with Gasteiger partial charge in [-0.3, -0.25) is 4.79 Å². The topological polar surface area (TPSA) is 108 Å². The molecule has 1 aliphatic rings. The average molecular weight is 423 g/mol. The van der Waals surface area contributed by atoms with Crippen LogP contribution < -0.4 is 9.47 Å². The fraction of sp³-hybridized carbons (Fsp3) is 0.222. The Morgan fingerprint density at radius 2 is 1.96 bits per heavy atom. The minimum atomic E-state index is -3.99. The maximum Gasteiger partial charge on any atom is 0.303 e. The lowest BCUT2D eigenvalue weighted by Gasteiger charge is -2.12. The summed E-state index contributed by atoms with van der Waals surface area (Å²) in [7, 11) is -3.99. The molecule has 0 fully saturated rings. The van der Waals surface area contributed by atoms with Crippen LogP contribution in [0.3, 0.4) is 0 Å². The molecule has 2 aromatic heterocycles. The van der Waals surface area contributed by atoms with Crippen molar-refractivity contribution >= 4 is 38.6 Å². The van der Waals surface area contributed by atoms with Gasteiger partial charge in [0.25, 0.3) is 10.0 Å². The number of pyridine rings is 1. The predicted molar refractivity (Wildman–Crippen MR) is 100 cm³/mol. The van der Waals surface area contributed by atoms with Crippen molar-refractivity contribution in [3.8, 4) is 11.5 Å². The Morgan fingerprint density at radius 1 is 1.18 bits per heavy atom. The third kappa shape index (κ3) is 3.27. The third-order valence-corrected chi connectivity index (χ3v) is 6.33. The number of carboxylic acids is 1. The molecule has 1 aromatic carbocycles. The first-order valence-electron chi connectivity index (χ1n) is 8.40. The fourth-order valence-electron chi connectivity index (χ4n) is 3.11. The van der Waals surface area contributed by atoms with Gasteiger partial charge in [0.1, 0.15) is 5.15 Å². The lowest BCUT2D eigenvalue weighted by atomic mass is 10.2. The molecule has 0 bridgehead atoms. The maximum atomic E-state index is 13.4. The van der Waals surface area contributed by atoms with E-state index in [4.69, 9.17) is 26.2 Å². The van der Waals surface area contributed by atoms with Gasteiger partial charge in [0, 0.05) is 18.2 Å². The molecule has 0 saturated carbocycles. The zero-order chi connectivity index (χ0) is 19.9. The van der Waals surface area contributed by atoms with Crippen LogP contribution in [0.1, 0.15) is 18.5 Å². The highest BCUT2D eigenvalue weighted by Crippen LogP contribution is 2.35. The first-order valence-corrected chi connectivity index (χ1v) is 10.2. The van der Waals surface area contributed by atoms with Crippen molar-refractivity contribution in [1.82, 2.24) is 8.96 Å². The second-order valence-electron chi connectivity index (χ2n) is 6.21. The van der Waals surface area contributed by atoms with Crippen LogP contribution in [0.4, 0.5) is 0 Å². The lowest BCUT2D eigenvalue weighted by molar-refractivity contribution is -0.137. The number of aromatic nitrogens is 2. The van der Waals surface area contributed by atoms with E-state index in [1.54, 1.807) is 18.2 Å². The van der Waals surface area contributed by atoms with Gasteiger partial charge in [-0.1, -0.05) is 11.6 Å². The van der Waals surface area contributed by atoms with Gasteiger partial charge in [-0.25, -0.2) is 17.4 Å². The molecular weight excluding hydrogens is 408 g/mol. The first-order chi connectivity index (χ1) is 13.4. The van der Waals surface area contributed by atoms with Crippen LogP contribution >= 0.6 is 11.6 Å². The minimum absolute atomic E-state index is 0.0312. The minimum Gasteiger partial charge on any atom is -0.481 e.